The lowest BCUT2D eigenvalue weighted by atomic mass is 10.2. The number of nitrogens with two attached hydrogens (primary N) is 1. The molecule has 0 aromatic carbocycles. The molecule has 0 unspecified atom stereocenters. The summed E-state index contributed by atoms with van der Waals surface area (Å²) in [5, 5.41) is -0.344. The van der Waals surface area contributed by atoms with E-state index in [2.05, 4.69) is 4.98 Å². The van der Waals surface area contributed by atoms with Crippen LogP contribution in [0.4, 0.5) is 13.2 Å². The van der Waals surface area contributed by atoms with Gasteiger partial charge in [-0.2, -0.15) is 4.39 Å². The van der Waals surface area contributed by atoms with Crippen molar-refractivity contribution in [2.75, 3.05) is 0 Å². The molecule has 1 aromatic heterocycles. The van der Waals surface area contributed by atoms with E-state index < -0.39 is 17.9 Å². The summed E-state index contributed by atoms with van der Waals surface area (Å²) in [4.78, 5) is 3.22. The third kappa shape index (κ3) is 2.10. The molecule has 0 bridgehead atoms. The van der Waals surface area contributed by atoms with Crippen LogP contribution in [0.5, 0.6) is 0 Å². The predicted octanol–water partition coefficient (Wildman–Crippen LogP) is 2.27. The van der Waals surface area contributed by atoms with Gasteiger partial charge >= 0.3 is 0 Å². The van der Waals surface area contributed by atoms with Crippen molar-refractivity contribution in [2.24, 2.45) is 5.73 Å². The second-order valence-electron chi connectivity index (χ2n) is 2.30. The molecule has 0 saturated heterocycles. The van der Waals surface area contributed by atoms with Gasteiger partial charge in [0.25, 0.3) is 6.43 Å². The van der Waals surface area contributed by atoms with Crippen LogP contribution in [-0.4, -0.2) is 4.98 Å². The highest BCUT2D eigenvalue weighted by Crippen LogP contribution is 2.28. The molecule has 0 aliphatic carbocycles. The number of halogens is 4. The molecule has 1 aromatic rings. The number of alkyl halides is 2. The maximum atomic E-state index is 12.8. The van der Waals surface area contributed by atoms with Crippen molar-refractivity contribution in [3.63, 3.8) is 0 Å². The Hall–Kier alpha value is -0.810. The van der Waals surface area contributed by atoms with Crippen LogP contribution in [-0.2, 0) is 6.54 Å². The van der Waals surface area contributed by atoms with Gasteiger partial charge in [0.1, 0.15) is 0 Å². The van der Waals surface area contributed by atoms with Gasteiger partial charge in [0, 0.05) is 6.54 Å². The average molecular weight is 211 g/mol. The fourth-order valence-corrected chi connectivity index (χ4v) is 1.13. The minimum Gasteiger partial charge on any atom is -0.325 e. The summed E-state index contributed by atoms with van der Waals surface area (Å²) in [5.74, 6) is -1.26. The summed E-state index contributed by atoms with van der Waals surface area (Å²) >= 11 is 5.39. The zero-order valence-corrected chi connectivity index (χ0v) is 7.15. The fraction of sp³-hybridized carbons (Fsp3) is 0.286. The smallest absolute Gasteiger partial charge is 0.269 e. The molecule has 0 spiro atoms. The van der Waals surface area contributed by atoms with E-state index in [-0.39, 0.29) is 17.3 Å². The zero-order valence-electron chi connectivity index (χ0n) is 6.40. The molecule has 0 radical (unpaired) electrons. The lowest BCUT2D eigenvalue weighted by Gasteiger charge is -2.05. The normalized spacial score (nSPS) is 10.9. The van der Waals surface area contributed by atoms with E-state index in [1.807, 2.05) is 0 Å². The minimum atomic E-state index is -2.97. The van der Waals surface area contributed by atoms with Gasteiger partial charge in [0.2, 0.25) is 5.95 Å². The molecular weight excluding hydrogens is 205 g/mol. The molecule has 72 valence electrons. The van der Waals surface area contributed by atoms with E-state index >= 15 is 0 Å². The number of hydrogen-bond acceptors (Lipinski definition) is 2. The largest absolute Gasteiger partial charge is 0.325 e. The van der Waals surface area contributed by atoms with Crippen molar-refractivity contribution in [1.29, 1.82) is 0 Å². The summed E-state index contributed by atoms with van der Waals surface area (Å²) in [6, 6.07) is 1.13. The monoisotopic (exact) mass is 210 g/mol. The summed E-state index contributed by atoms with van der Waals surface area (Å²) in [7, 11) is 0. The van der Waals surface area contributed by atoms with Crippen LogP contribution in [0.2, 0.25) is 5.02 Å². The van der Waals surface area contributed by atoms with Gasteiger partial charge < -0.3 is 5.73 Å². The van der Waals surface area contributed by atoms with Crippen molar-refractivity contribution < 1.29 is 13.2 Å². The second kappa shape index (κ2) is 3.93. The number of pyridine rings is 1. The van der Waals surface area contributed by atoms with E-state index in [4.69, 9.17) is 17.3 Å². The Kier molecular flexibility index (Phi) is 3.11. The Bertz CT molecular complexity index is 294. The first-order valence-electron chi connectivity index (χ1n) is 3.39. The summed E-state index contributed by atoms with van der Waals surface area (Å²) in [5.41, 5.74) is 4.41. The fourth-order valence-electron chi connectivity index (χ4n) is 0.840. The van der Waals surface area contributed by atoms with E-state index in [9.17, 15) is 13.2 Å². The van der Waals surface area contributed by atoms with Crippen molar-refractivity contribution in [2.45, 2.75) is 13.0 Å². The second-order valence-corrected chi connectivity index (χ2v) is 2.71. The standard InChI is InChI=1S/C7H6ClF3N2/c8-4-1-3(2-12)13-7(11)5(4)6(9)10/h1,6H,2,12H2. The van der Waals surface area contributed by atoms with Crippen LogP contribution >= 0.6 is 11.6 Å². The summed E-state index contributed by atoms with van der Waals surface area (Å²) in [6.07, 6.45) is -2.97. The lowest BCUT2D eigenvalue weighted by molar-refractivity contribution is 0.145. The van der Waals surface area contributed by atoms with Gasteiger partial charge in [-0.25, -0.2) is 13.8 Å². The van der Waals surface area contributed by atoms with Crippen LogP contribution in [0.3, 0.4) is 0 Å². The Morgan fingerprint density at radius 2 is 2.15 bits per heavy atom. The molecule has 0 aliphatic heterocycles. The van der Waals surface area contributed by atoms with Gasteiger partial charge in [0.05, 0.1) is 16.3 Å². The molecule has 0 atom stereocenters. The summed E-state index contributed by atoms with van der Waals surface area (Å²) < 4.78 is 37.1. The van der Waals surface area contributed by atoms with Crippen LogP contribution in [0.15, 0.2) is 6.07 Å². The molecular formula is C7H6ClF3N2. The van der Waals surface area contributed by atoms with Crippen molar-refractivity contribution >= 4 is 11.6 Å². The number of nitrogens with zero attached hydrogens (tertiary/aromatic N) is 1. The highest BCUT2D eigenvalue weighted by atomic mass is 35.5. The third-order valence-electron chi connectivity index (χ3n) is 1.44. The maximum absolute atomic E-state index is 12.8. The van der Waals surface area contributed by atoms with E-state index in [1.54, 1.807) is 0 Å². The van der Waals surface area contributed by atoms with Gasteiger partial charge in [-0.1, -0.05) is 11.6 Å². The van der Waals surface area contributed by atoms with Crippen molar-refractivity contribution in [3.05, 3.63) is 28.3 Å². The molecule has 1 rings (SSSR count). The molecule has 0 saturated carbocycles. The van der Waals surface area contributed by atoms with Crippen LogP contribution in [0.25, 0.3) is 0 Å². The quantitative estimate of drug-likeness (QED) is 0.761. The molecule has 1 heterocycles. The third-order valence-corrected chi connectivity index (χ3v) is 1.75. The topological polar surface area (TPSA) is 38.9 Å². The van der Waals surface area contributed by atoms with Crippen LogP contribution in [0.1, 0.15) is 17.7 Å². The summed E-state index contributed by atoms with van der Waals surface area (Å²) in [6.45, 7) is -0.0415. The molecule has 0 aliphatic rings. The Morgan fingerprint density at radius 3 is 2.54 bits per heavy atom. The van der Waals surface area contributed by atoms with Gasteiger partial charge in [0.15, 0.2) is 0 Å². The highest BCUT2D eigenvalue weighted by molar-refractivity contribution is 6.31. The van der Waals surface area contributed by atoms with Gasteiger partial charge in [-0.05, 0) is 6.07 Å². The van der Waals surface area contributed by atoms with E-state index in [1.165, 1.54) is 0 Å². The van der Waals surface area contributed by atoms with E-state index in [0.29, 0.717) is 0 Å². The first-order valence-corrected chi connectivity index (χ1v) is 3.77. The van der Waals surface area contributed by atoms with Crippen LogP contribution in [0, 0.1) is 5.95 Å². The first kappa shape index (κ1) is 10.3. The number of hydrogen-bond donors (Lipinski definition) is 1. The molecule has 0 fully saturated rings. The predicted molar refractivity (Wildman–Crippen MR) is 42.1 cm³/mol. The molecule has 2 nitrogen and oxygen atoms in total. The molecule has 2 N–H and O–H groups in total. The highest BCUT2D eigenvalue weighted by Gasteiger charge is 2.19. The molecule has 6 heteroatoms. The SMILES string of the molecule is NCc1cc(Cl)c(C(F)F)c(F)n1. The molecule has 0 amide bonds. The number of rotatable bonds is 2. The Balaban J connectivity index is 3.23. The minimum absolute atomic E-state index is 0.0415. The van der Waals surface area contributed by atoms with E-state index in [0.717, 1.165) is 6.07 Å². The Morgan fingerprint density at radius 1 is 1.54 bits per heavy atom. The maximum Gasteiger partial charge on any atom is 0.269 e. The van der Waals surface area contributed by atoms with Crippen LogP contribution < -0.4 is 5.73 Å². The average Bonchev–Trinajstić information content (AvgIpc) is 2.02. The van der Waals surface area contributed by atoms with Gasteiger partial charge in [-0.15, -0.1) is 0 Å². The first-order chi connectivity index (χ1) is 6.06. The Labute approximate surface area is 77.5 Å². The van der Waals surface area contributed by atoms with Gasteiger partial charge in [-0.3, -0.25) is 0 Å². The molecule has 13 heavy (non-hydrogen) atoms. The zero-order chi connectivity index (χ0) is 10.0. The number of aromatic nitrogens is 1. The lowest BCUT2D eigenvalue weighted by Crippen LogP contribution is -2.04. The van der Waals surface area contributed by atoms with Crippen molar-refractivity contribution in [3.8, 4) is 0 Å². The van der Waals surface area contributed by atoms with Crippen molar-refractivity contribution in [1.82, 2.24) is 4.98 Å².